The normalized spacial score (nSPS) is 10.9. The van der Waals surface area contributed by atoms with Gasteiger partial charge in [0, 0.05) is 26.4 Å². The van der Waals surface area contributed by atoms with Crippen LogP contribution < -0.4 is 0 Å². The van der Waals surface area contributed by atoms with E-state index in [0.29, 0.717) is 46.1 Å². The second kappa shape index (κ2) is 12.6. The Bertz CT molecular complexity index is 571. The van der Waals surface area contributed by atoms with Gasteiger partial charge in [-0.15, -0.1) is 0 Å². The second-order valence-corrected chi connectivity index (χ2v) is 5.89. The number of ether oxygens (including phenoxy) is 3. The number of aliphatic hydroxyl groups is 1. The number of aliphatic hydroxyl groups excluding tert-OH is 1. The molecule has 0 saturated heterocycles. The Morgan fingerprint density at radius 3 is 1.72 bits per heavy atom. The molecule has 0 unspecified atom stereocenters. The van der Waals surface area contributed by atoms with Gasteiger partial charge in [0.25, 0.3) is 0 Å². The van der Waals surface area contributed by atoms with Crippen molar-refractivity contribution < 1.29 is 19.3 Å². The number of rotatable bonds is 13. The van der Waals surface area contributed by atoms with Crippen LogP contribution >= 0.6 is 0 Å². The van der Waals surface area contributed by atoms with Crippen molar-refractivity contribution in [3.8, 4) is 0 Å². The van der Waals surface area contributed by atoms with Crippen molar-refractivity contribution >= 4 is 0 Å². The summed E-state index contributed by atoms with van der Waals surface area (Å²) in [5, 5.41) is 8.73. The van der Waals surface area contributed by atoms with Crippen LogP contribution in [0.25, 0.3) is 0 Å². The van der Waals surface area contributed by atoms with Gasteiger partial charge in [-0.05, 0) is 29.5 Å². The molecule has 0 fully saturated rings. The monoisotopic (exact) mass is 344 g/mol. The highest BCUT2D eigenvalue weighted by atomic mass is 16.5. The van der Waals surface area contributed by atoms with Crippen molar-refractivity contribution in [1.82, 2.24) is 0 Å². The van der Waals surface area contributed by atoms with Gasteiger partial charge >= 0.3 is 0 Å². The third-order valence-electron chi connectivity index (χ3n) is 3.66. The van der Waals surface area contributed by atoms with Crippen molar-refractivity contribution in [2.75, 3.05) is 26.4 Å². The van der Waals surface area contributed by atoms with E-state index in [1.54, 1.807) is 0 Å². The first kappa shape index (κ1) is 19.6. The zero-order valence-corrected chi connectivity index (χ0v) is 14.7. The minimum Gasteiger partial charge on any atom is -0.396 e. The van der Waals surface area contributed by atoms with Crippen LogP contribution in [0.5, 0.6) is 0 Å². The lowest BCUT2D eigenvalue weighted by Crippen LogP contribution is -2.02. The van der Waals surface area contributed by atoms with Gasteiger partial charge in [0.05, 0.1) is 19.8 Å². The molecule has 0 heterocycles. The average molecular weight is 344 g/mol. The SMILES string of the molecule is OCCCOCc1cccc(COCCCOCc2ccccc2)c1. The van der Waals surface area contributed by atoms with Gasteiger partial charge in [0.2, 0.25) is 0 Å². The van der Waals surface area contributed by atoms with E-state index in [4.69, 9.17) is 19.3 Å². The van der Waals surface area contributed by atoms with E-state index in [2.05, 4.69) is 24.3 Å². The molecule has 0 aliphatic rings. The Balaban J connectivity index is 1.54. The van der Waals surface area contributed by atoms with Gasteiger partial charge < -0.3 is 19.3 Å². The maximum atomic E-state index is 8.73. The molecule has 4 heteroatoms. The smallest absolute Gasteiger partial charge is 0.0716 e. The van der Waals surface area contributed by atoms with Crippen LogP contribution in [-0.2, 0) is 34.0 Å². The highest BCUT2D eigenvalue weighted by molar-refractivity contribution is 5.22. The molecule has 2 rings (SSSR count). The van der Waals surface area contributed by atoms with Crippen molar-refractivity contribution in [2.24, 2.45) is 0 Å². The summed E-state index contributed by atoms with van der Waals surface area (Å²) in [6.45, 7) is 3.96. The zero-order valence-electron chi connectivity index (χ0n) is 14.7. The number of benzene rings is 2. The minimum atomic E-state index is 0.170. The lowest BCUT2D eigenvalue weighted by molar-refractivity contribution is 0.0694. The molecule has 4 nitrogen and oxygen atoms in total. The first-order valence-corrected chi connectivity index (χ1v) is 8.84. The summed E-state index contributed by atoms with van der Waals surface area (Å²) in [5.41, 5.74) is 3.47. The quantitative estimate of drug-likeness (QED) is 0.563. The summed E-state index contributed by atoms with van der Waals surface area (Å²) in [4.78, 5) is 0. The van der Waals surface area contributed by atoms with E-state index in [1.807, 2.05) is 30.3 Å². The van der Waals surface area contributed by atoms with Crippen molar-refractivity contribution in [3.05, 3.63) is 71.3 Å². The fourth-order valence-corrected chi connectivity index (χ4v) is 2.38. The molecule has 2 aromatic rings. The van der Waals surface area contributed by atoms with Crippen molar-refractivity contribution in [2.45, 2.75) is 32.7 Å². The molecule has 0 aliphatic carbocycles. The molecule has 136 valence electrons. The van der Waals surface area contributed by atoms with Gasteiger partial charge in [0.15, 0.2) is 0 Å². The van der Waals surface area contributed by atoms with E-state index >= 15 is 0 Å². The van der Waals surface area contributed by atoms with Crippen LogP contribution in [0.1, 0.15) is 29.5 Å². The maximum Gasteiger partial charge on any atom is 0.0716 e. The summed E-state index contributed by atoms with van der Waals surface area (Å²) < 4.78 is 16.9. The number of hydrogen-bond acceptors (Lipinski definition) is 4. The molecule has 25 heavy (non-hydrogen) atoms. The van der Waals surface area contributed by atoms with Crippen molar-refractivity contribution in [3.63, 3.8) is 0 Å². The molecule has 2 aromatic carbocycles. The van der Waals surface area contributed by atoms with Crippen LogP contribution in [0.3, 0.4) is 0 Å². The molecule has 0 amide bonds. The Morgan fingerprint density at radius 2 is 1.12 bits per heavy atom. The molecule has 0 spiro atoms. The maximum absolute atomic E-state index is 8.73. The standard InChI is InChI=1S/C21H28O4/c22-11-5-12-23-17-20-9-4-10-21(15-20)18-25-14-6-13-24-16-19-7-2-1-3-8-19/h1-4,7-10,15,22H,5-6,11-14,16-18H2. The largest absolute Gasteiger partial charge is 0.396 e. The van der Waals surface area contributed by atoms with Crippen LogP contribution in [0, 0.1) is 0 Å². The van der Waals surface area contributed by atoms with E-state index in [9.17, 15) is 0 Å². The third-order valence-corrected chi connectivity index (χ3v) is 3.66. The van der Waals surface area contributed by atoms with E-state index in [1.165, 1.54) is 5.56 Å². The molecule has 0 atom stereocenters. The Hall–Kier alpha value is -1.72. The lowest BCUT2D eigenvalue weighted by atomic mass is 10.1. The predicted octanol–water partition coefficient (Wildman–Crippen LogP) is 3.71. The molecular weight excluding hydrogens is 316 g/mol. The van der Waals surface area contributed by atoms with Gasteiger partial charge in [-0.1, -0.05) is 54.6 Å². The summed E-state index contributed by atoms with van der Waals surface area (Å²) in [6, 6.07) is 18.4. The predicted molar refractivity (Wildman–Crippen MR) is 98.2 cm³/mol. The van der Waals surface area contributed by atoms with E-state index in [0.717, 1.165) is 17.5 Å². The first-order chi connectivity index (χ1) is 12.4. The topological polar surface area (TPSA) is 47.9 Å². The Labute approximate surface area is 150 Å². The van der Waals surface area contributed by atoms with Gasteiger partial charge in [-0.25, -0.2) is 0 Å². The molecular formula is C21H28O4. The molecule has 0 radical (unpaired) electrons. The fourth-order valence-electron chi connectivity index (χ4n) is 2.38. The zero-order chi connectivity index (χ0) is 17.6. The first-order valence-electron chi connectivity index (χ1n) is 8.84. The van der Waals surface area contributed by atoms with Crippen LogP contribution in [0.15, 0.2) is 54.6 Å². The van der Waals surface area contributed by atoms with E-state index < -0.39 is 0 Å². The highest BCUT2D eigenvalue weighted by Gasteiger charge is 1.98. The van der Waals surface area contributed by atoms with Crippen LogP contribution in [0.4, 0.5) is 0 Å². The minimum absolute atomic E-state index is 0.170. The summed E-state index contributed by atoms with van der Waals surface area (Å²) >= 11 is 0. The van der Waals surface area contributed by atoms with Gasteiger partial charge in [-0.2, -0.15) is 0 Å². The Morgan fingerprint density at radius 1 is 0.600 bits per heavy atom. The van der Waals surface area contributed by atoms with Crippen LogP contribution in [0.2, 0.25) is 0 Å². The fraction of sp³-hybridized carbons (Fsp3) is 0.429. The molecule has 0 bridgehead atoms. The number of hydrogen-bond donors (Lipinski definition) is 1. The average Bonchev–Trinajstić information content (AvgIpc) is 2.66. The van der Waals surface area contributed by atoms with Gasteiger partial charge in [-0.3, -0.25) is 0 Å². The van der Waals surface area contributed by atoms with Crippen molar-refractivity contribution in [1.29, 1.82) is 0 Å². The van der Waals surface area contributed by atoms with E-state index in [-0.39, 0.29) is 6.61 Å². The molecule has 1 N–H and O–H groups in total. The highest BCUT2D eigenvalue weighted by Crippen LogP contribution is 2.08. The summed E-state index contributed by atoms with van der Waals surface area (Å²) in [7, 11) is 0. The second-order valence-electron chi connectivity index (χ2n) is 5.89. The molecule has 0 aromatic heterocycles. The molecule has 0 saturated carbocycles. The lowest BCUT2D eigenvalue weighted by Gasteiger charge is -2.08. The molecule has 0 aliphatic heterocycles. The summed E-state index contributed by atoms with van der Waals surface area (Å²) in [6.07, 6.45) is 1.56. The third kappa shape index (κ3) is 8.79. The summed E-state index contributed by atoms with van der Waals surface area (Å²) in [5.74, 6) is 0. The van der Waals surface area contributed by atoms with Gasteiger partial charge in [0.1, 0.15) is 0 Å². The van der Waals surface area contributed by atoms with Crippen LogP contribution in [-0.4, -0.2) is 31.5 Å². The Kier molecular flexibility index (Phi) is 9.89.